The zero-order chi connectivity index (χ0) is 28.7. The van der Waals surface area contributed by atoms with Crippen molar-refractivity contribution in [3.8, 4) is 11.1 Å². The van der Waals surface area contributed by atoms with E-state index in [1.807, 2.05) is 31.2 Å². The molecule has 2 aromatic carbocycles. The van der Waals surface area contributed by atoms with Gasteiger partial charge in [0.25, 0.3) is 0 Å². The van der Waals surface area contributed by atoms with Crippen LogP contribution in [0.3, 0.4) is 0 Å². The summed E-state index contributed by atoms with van der Waals surface area (Å²) >= 11 is 0. The number of hydrogen-bond acceptors (Lipinski definition) is 8. The molecular formula is C30H38N4O6. The Bertz CT molecular complexity index is 1260. The van der Waals surface area contributed by atoms with Gasteiger partial charge in [0.05, 0.1) is 12.6 Å². The maximum atomic E-state index is 12.6. The molecule has 0 fully saturated rings. The molecular weight excluding hydrogens is 512 g/mol. The smallest absolute Gasteiger partial charge is 0.408 e. The number of hydrogen-bond donors (Lipinski definition) is 2. The highest BCUT2D eigenvalue weighted by Crippen LogP contribution is 2.44. The summed E-state index contributed by atoms with van der Waals surface area (Å²) in [4.78, 5) is 25.0. The van der Waals surface area contributed by atoms with Gasteiger partial charge in [0.2, 0.25) is 11.8 Å². The van der Waals surface area contributed by atoms with Crippen LogP contribution in [0.15, 0.2) is 52.9 Å². The van der Waals surface area contributed by atoms with E-state index in [4.69, 9.17) is 18.6 Å². The number of alkyl carbamates (subject to hydrolysis) is 2. The minimum atomic E-state index is -0.734. The van der Waals surface area contributed by atoms with Crippen LogP contribution in [0, 0.1) is 0 Å². The number of rotatable bonds is 11. The Morgan fingerprint density at radius 1 is 1.00 bits per heavy atom. The van der Waals surface area contributed by atoms with Crippen molar-refractivity contribution < 1.29 is 28.2 Å². The molecule has 2 amide bonds. The van der Waals surface area contributed by atoms with Gasteiger partial charge in [-0.2, -0.15) is 0 Å². The van der Waals surface area contributed by atoms with Crippen molar-refractivity contribution in [2.75, 3.05) is 13.2 Å². The number of carbonyl (C=O) groups is 2. The van der Waals surface area contributed by atoms with Crippen LogP contribution in [0.1, 0.15) is 82.3 Å². The van der Waals surface area contributed by atoms with Crippen molar-refractivity contribution in [3.63, 3.8) is 0 Å². The fourth-order valence-corrected chi connectivity index (χ4v) is 4.59. The fraction of sp³-hybridized carbons (Fsp3) is 0.467. The van der Waals surface area contributed by atoms with Gasteiger partial charge in [-0.3, -0.25) is 0 Å². The minimum absolute atomic E-state index is 0.0338. The number of unbranched alkanes of at least 4 members (excludes halogenated alkanes) is 1. The van der Waals surface area contributed by atoms with Crippen LogP contribution in [-0.2, 0) is 20.8 Å². The molecule has 0 saturated heterocycles. The predicted molar refractivity (Wildman–Crippen MR) is 149 cm³/mol. The zero-order valence-corrected chi connectivity index (χ0v) is 23.7. The van der Waals surface area contributed by atoms with E-state index in [-0.39, 0.29) is 30.9 Å². The van der Waals surface area contributed by atoms with E-state index < -0.39 is 29.9 Å². The molecule has 40 heavy (non-hydrogen) atoms. The first-order valence-corrected chi connectivity index (χ1v) is 13.7. The lowest BCUT2D eigenvalue weighted by Gasteiger charge is -2.25. The Hall–Kier alpha value is -3.92. The van der Waals surface area contributed by atoms with Gasteiger partial charge in [-0.15, -0.1) is 10.2 Å². The summed E-state index contributed by atoms with van der Waals surface area (Å²) in [6, 6.07) is 15.6. The number of aromatic nitrogens is 2. The topological polar surface area (TPSA) is 125 Å². The van der Waals surface area contributed by atoms with E-state index >= 15 is 0 Å². The lowest BCUT2D eigenvalue weighted by Crippen LogP contribution is -2.40. The van der Waals surface area contributed by atoms with Gasteiger partial charge in [0.15, 0.2) is 0 Å². The van der Waals surface area contributed by atoms with Gasteiger partial charge in [-0.25, -0.2) is 9.59 Å². The van der Waals surface area contributed by atoms with E-state index in [0.29, 0.717) is 6.61 Å². The third kappa shape index (κ3) is 7.38. The van der Waals surface area contributed by atoms with Crippen LogP contribution >= 0.6 is 0 Å². The predicted octanol–water partition coefficient (Wildman–Crippen LogP) is 5.88. The maximum absolute atomic E-state index is 12.6. The highest BCUT2D eigenvalue weighted by molar-refractivity contribution is 5.79. The quantitative estimate of drug-likeness (QED) is 0.284. The molecule has 10 heteroatoms. The summed E-state index contributed by atoms with van der Waals surface area (Å²) in [6.07, 6.45) is 0.176. The number of benzene rings is 2. The molecule has 1 heterocycles. The summed E-state index contributed by atoms with van der Waals surface area (Å²) in [5.74, 6) is 0.279. The molecule has 3 aromatic rings. The van der Waals surface area contributed by atoms with Gasteiger partial charge in [-0.1, -0.05) is 61.9 Å². The molecule has 0 saturated carbocycles. The molecule has 1 aliphatic carbocycles. The van der Waals surface area contributed by atoms with Crippen LogP contribution in [0.25, 0.3) is 11.1 Å². The third-order valence-electron chi connectivity index (χ3n) is 6.50. The monoisotopic (exact) mass is 550 g/mol. The molecule has 2 unspecified atom stereocenters. The molecule has 4 rings (SSSR count). The highest BCUT2D eigenvalue weighted by Gasteiger charge is 2.31. The second-order valence-electron chi connectivity index (χ2n) is 10.8. The second kappa shape index (κ2) is 13.0. The SMILES string of the molecule is CCCCOC(C)C(NC(=O)OC(C)(C)C)c1nnc(CNC(=O)OCC2c3ccccc3-c3ccccc32)o1. The highest BCUT2D eigenvalue weighted by atomic mass is 16.6. The van der Waals surface area contributed by atoms with Crippen LogP contribution in [0.2, 0.25) is 0 Å². The molecule has 0 bridgehead atoms. The number of ether oxygens (including phenoxy) is 3. The summed E-state index contributed by atoms with van der Waals surface area (Å²) in [5.41, 5.74) is 3.92. The summed E-state index contributed by atoms with van der Waals surface area (Å²) in [5, 5.41) is 13.6. The molecule has 1 aliphatic rings. The fourth-order valence-electron chi connectivity index (χ4n) is 4.59. The van der Waals surface area contributed by atoms with Crippen molar-refractivity contribution in [2.45, 2.75) is 77.7 Å². The molecule has 0 spiro atoms. The van der Waals surface area contributed by atoms with Crippen LogP contribution in [-0.4, -0.2) is 47.3 Å². The Morgan fingerprint density at radius 3 is 2.27 bits per heavy atom. The standard InChI is InChI=1S/C30H38N4O6/c1-6-7-16-37-19(2)26(32-29(36)40-30(3,4)5)27-34-33-25(39-27)17-31-28(35)38-18-24-22-14-10-8-12-20(22)21-13-9-11-15-23(21)24/h8-15,19,24,26H,6-7,16-18H2,1-5H3,(H,31,35)(H,32,36). The van der Waals surface area contributed by atoms with Gasteiger partial charge in [-0.05, 0) is 56.4 Å². The van der Waals surface area contributed by atoms with Crippen LogP contribution < -0.4 is 10.6 Å². The second-order valence-corrected chi connectivity index (χ2v) is 10.8. The molecule has 0 aliphatic heterocycles. The molecule has 0 radical (unpaired) electrons. The van der Waals surface area contributed by atoms with Crippen LogP contribution in [0.4, 0.5) is 9.59 Å². The minimum Gasteiger partial charge on any atom is -0.449 e. The number of fused-ring (bicyclic) bond motifs is 3. The summed E-state index contributed by atoms with van der Waals surface area (Å²) < 4.78 is 22.6. The van der Waals surface area contributed by atoms with Crippen molar-refractivity contribution in [2.24, 2.45) is 0 Å². The van der Waals surface area contributed by atoms with Crippen molar-refractivity contribution >= 4 is 12.2 Å². The number of amides is 2. The van der Waals surface area contributed by atoms with Gasteiger partial charge in [0, 0.05) is 12.5 Å². The van der Waals surface area contributed by atoms with Gasteiger partial charge < -0.3 is 29.3 Å². The van der Waals surface area contributed by atoms with E-state index in [9.17, 15) is 9.59 Å². The maximum Gasteiger partial charge on any atom is 0.408 e. The Kier molecular flexibility index (Phi) is 9.42. The summed E-state index contributed by atoms with van der Waals surface area (Å²) in [6.45, 7) is 9.91. The molecule has 214 valence electrons. The Morgan fingerprint density at radius 2 is 1.65 bits per heavy atom. The largest absolute Gasteiger partial charge is 0.449 e. The van der Waals surface area contributed by atoms with Crippen molar-refractivity contribution in [1.82, 2.24) is 20.8 Å². The van der Waals surface area contributed by atoms with E-state index in [2.05, 4.69) is 52.0 Å². The number of nitrogens with one attached hydrogen (secondary N) is 2. The van der Waals surface area contributed by atoms with Crippen molar-refractivity contribution in [3.05, 3.63) is 71.4 Å². The average molecular weight is 551 g/mol. The average Bonchev–Trinajstić information content (AvgIpc) is 3.51. The first kappa shape index (κ1) is 29.1. The first-order chi connectivity index (χ1) is 19.2. The van der Waals surface area contributed by atoms with Crippen molar-refractivity contribution in [1.29, 1.82) is 0 Å². The molecule has 2 N–H and O–H groups in total. The molecule has 1 aromatic heterocycles. The number of nitrogens with zero attached hydrogens (tertiary/aromatic N) is 2. The first-order valence-electron chi connectivity index (χ1n) is 13.7. The summed E-state index contributed by atoms with van der Waals surface area (Å²) in [7, 11) is 0. The number of carbonyl (C=O) groups excluding carboxylic acids is 2. The van der Waals surface area contributed by atoms with E-state index in [1.54, 1.807) is 20.8 Å². The lowest BCUT2D eigenvalue weighted by molar-refractivity contribution is 0.0151. The normalized spacial score (nSPS) is 14.1. The Balaban J connectivity index is 1.35. The van der Waals surface area contributed by atoms with E-state index in [0.717, 1.165) is 35.1 Å². The molecule has 10 nitrogen and oxygen atoms in total. The van der Waals surface area contributed by atoms with Crippen LogP contribution in [0.5, 0.6) is 0 Å². The zero-order valence-electron chi connectivity index (χ0n) is 23.7. The van der Waals surface area contributed by atoms with E-state index in [1.165, 1.54) is 0 Å². The van der Waals surface area contributed by atoms with Gasteiger partial charge >= 0.3 is 12.2 Å². The lowest BCUT2D eigenvalue weighted by atomic mass is 9.98. The third-order valence-corrected chi connectivity index (χ3v) is 6.50. The van der Waals surface area contributed by atoms with Gasteiger partial charge in [0.1, 0.15) is 18.2 Å². The Labute approximate surface area is 234 Å². The molecule has 2 atom stereocenters.